The van der Waals surface area contributed by atoms with Crippen LogP contribution in [0.2, 0.25) is 5.02 Å². The molecule has 0 saturated carbocycles. The summed E-state index contributed by atoms with van der Waals surface area (Å²) in [7, 11) is 1.64. The molecule has 0 saturated heterocycles. The molecule has 0 heterocycles. The van der Waals surface area contributed by atoms with Gasteiger partial charge in [0.1, 0.15) is 5.75 Å². The minimum absolute atomic E-state index is 0.514. The molecule has 3 nitrogen and oxygen atoms in total. The molecule has 0 aliphatic heterocycles. The van der Waals surface area contributed by atoms with Crippen LogP contribution in [-0.2, 0) is 0 Å². The lowest BCUT2D eigenvalue weighted by Gasteiger charge is -2.13. The molecule has 0 radical (unpaired) electrons. The maximum absolute atomic E-state index is 6.07. The quantitative estimate of drug-likeness (QED) is 0.820. The number of thiocarbonyl (C=S) groups is 1. The predicted molar refractivity (Wildman–Crippen MR) is 89.0 cm³/mol. The molecule has 0 fully saturated rings. The Hall–Kier alpha value is -1.78. The van der Waals surface area contributed by atoms with Crippen LogP contribution < -0.4 is 15.4 Å². The van der Waals surface area contributed by atoms with Crippen LogP contribution in [0.25, 0.3) is 0 Å². The van der Waals surface area contributed by atoms with Gasteiger partial charge in [0.05, 0.1) is 7.11 Å². The Morgan fingerprint density at radius 2 is 1.80 bits per heavy atom. The summed E-state index contributed by atoms with van der Waals surface area (Å²) in [6.45, 7) is 1.95. The zero-order valence-corrected chi connectivity index (χ0v) is 12.8. The van der Waals surface area contributed by atoms with E-state index in [9.17, 15) is 0 Å². The highest BCUT2D eigenvalue weighted by molar-refractivity contribution is 7.80. The van der Waals surface area contributed by atoms with Crippen LogP contribution in [0.5, 0.6) is 5.75 Å². The fraction of sp³-hybridized carbons (Fsp3) is 0.133. The molecule has 0 spiro atoms. The maximum Gasteiger partial charge on any atom is 0.175 e. The highest BCUT2D eigenvalue weighted by Crippen LogP contribution is 2.23. The molecule has 104 valence electrons. The van der Waals surface area contributed by atoms with Gasteiger partial charge in [-0.2, -0.15) is 0 Å². The van der Waals surface area contributed by atoms with Gasteiger partial charge in [-0.1, -0.05) is 17.7 Å². The lowest BCUT2D eigenvalue weighted by atomic mass is 10.2. The van der Waals surface area contributed by atoms with Crippen LogP contribution in [0.15, 0.2) is 42.5 Å². The summed E-state index contributed by atoms with van der Waals surface area (Å²) >= 11 is 11.4. The molecule has 2 rings (SSSR count). The van der Waals surface area contributed by atoms with Gasteiger partial charge in [-0.15, -0.1) is 0 Å². The molecule has 0 aliphatic carbocycles. The van der Waals surface area contributed by atoms with Crippen LogP contribution in [0.3, 0.4) is 0 Å². The third kappa shape index (κ3) is 3.62. The van der Waals surface area contributed by atoms with E-state index < -0.39 is 0 Å². The summed E-state index contributed by atoms with van der Waals surface area (Å²) in [4.78, 5) is 0. The Morgan fingerprint density at radius 1 is 1.10 bits per heavy atom. The number of halogens is 1. The minimum Gasteiger partial charge on any atom is -0.497 e. The zero-order chi connectivity index (χ0) is 14.5. The van der Waals surface area contributed by atoms with E-state index in [0.717, 1.165) is 22.7 Å². The zero-order valence-electron chi connectivity index (χ0n) is 11.2. The number of hydrogen-bond acceptors (Lipinski definition) is 2. The van der Waals surface area contributed by atoms with E-state index in [1.165, 1.54) is 0 Å². The van der Waals surface area contributed by atoms with Crippen LogP contribution in [0, 0.1) is 6.92 Å². The molecule has 0 aliphatic rings. The van der Waals surface area contributed by atoms with Gasteiger partial charge in [-0.25, -0.2) is 0 Å². The number of hydrogen-bond donors (Lipinski definition) is 2. The number of rotatable bonds is 3. The van der Waals surface area contributed by atoms with Crippen molar-refractivity contribution < 1.29 is 4.74 Å². The first-order valence-corrected chi connectivity index (χ1v) is 6.86. The Labute approximate surface area is 128 Å². The second-order valence-electron chi connectivity index (χ2n) is 4.22. The van der Waals surface area contributed by atoms with Crippen molar-refractivity contribution >= 4 is 40.3 Å². The van der Waals surface area contributed by atoms with Gasteiger partial charge in [-0.05, 0) is 61.1 Å². The van der Waals surface area contributed by atoms with E-state index in [1.807, 2.05) is 49.4 Å². The van der Waals surface area contributed by atoms with E-state index in [0.29, 0.717) is 10.1 Å². The molecular formula is C15H15ClN2OS. The van der Waals surface area contributed by atoms with Gasteiger partial charge in [0.25, 0.3) is 0 Å². The van der Waals surface area contributed by atoms with Gasteiger partial charge < -0.3 is 15.4 Å². The average Bonchev–Trinajstić information content (AvgIpc) is 2.45. The van der Waals surface area contributed by atoms with E-state index in [4.69, 9.17) is 28.6 Å². The molecule has 2 aromatic rings. The third-order valence-corrected chi connectivity index (χ3v) is 3.48. The van der Waals surface area contributed by atoms with E-state index in [1.54, 1.807) is 7.11 Å². The van der Waals surface area contributed by atoms with Crippen molar-refractivity contribution in [3.8, 4) is 5.75 Å². The van der Waals surface area contributed by atoms with E-state index >= 15 is 0 Å². The molecule has 5 heteroatoms. The molecule has 0 bridgehead atoms. The third-order valence-electron chi connectivity index (χ3n) is 2.86. The van der Waals surface area contributed by atoms with Gasteiger partial charge in [0.15, 0.2) is 5.11 Å². The fourth-order valence-electron chi connectivity index (χ4n) is 1.70. The lowest BCUT2D eigenvalue weighted by Crippen LogP contribution is -2.19. The maximum atomic E-state index is 6.07. The average molecular weight is 307 g/mol. The van der Waals surface area contributed by atoms with Crippen LogP contribution in [-0.4, -0.2) is 12.2 Å². The highest BCUT2D eigenvalue weighted by atomic mass is 35.5. The summed E-state index contributed by atoms with van der Waals surface area (Å²) in [5, 5.41) is 7.47. The number of methoxy groups -OCH3 is 1. The molecule has 2 aromatic carbocycles. The summed E-state index contributed by atoms with van der Waals surface area (Å²) in [6, 6.07) is 13.2. The Morgan fingerprint density at radius 3 is 2.45 bits per heavy atom. The smallest absolute Gasteiger partial charge is 0.175 e. The van der Waals surface area contributed by atoms with Crippen molar-refractivity contribution in [2.75, 3.05) is 17.7 Å². The van der Waals surface area contributed by atoms with Crippen LogP contribution >= 0.6 is 23.8 Å². The summed E-state index contributed by atoms with van der Waals surface area (Å²) in [5.74, 6) is 0.806. The first-order valence-electron chi connectivity index (χ1n) is 6.07. The van der Waals surface area contributed by atoms with Crippen molar-refractivity contribution in [3.05, 3.63) is 53.1 Å². The summed E-state index contributed by atoms with van der Waals surface area (Å²) in [5.41, 5.74) is 2.75. The molecule has 0 unspecified atom stereocenters. The van der Waals surface area contributed by atoms with Crippen molar-refractivity contribution in [2.24, 2.45) is 0 Å². The van der Waals surface area contributed by atoms with E-state index in [-0.39, 0.29) is 0 Å². The second kappa shape index (κ2) is 6.59. The molecule has 0 atom stereocenters. The largest absolute Gasteiger partial charge is 0.497 e. The van der Waals surface area contributed by atoms with Crippen molar-refractivity contribution in [1.29, 1.82) is 0 Å². The molecule has 20 heavy (non-hydrogen) atoms. The second-order valence-corrected chi connectivity index (χ2v) is 5.04. The normalized spacial score (nSPS) is 9.95. The van der Waals surface area contributed by atoms with Gasteiger partial charge in [0, 0.05) is 16.4 Å². The summed E-state index contributed by atoms with van der Waals surface area (Å²) in [6.07, 6.45) is 0. The van der Waals surface area contributed by atoms with Gasteiger partial charge in [0.2, 0.25) is 0 Å². The molecule has 0 amide bonds. The van der Waals surface area contributed by atoms with Crippen LogP contribution in [0.4, 0.5) is 11.4 Å². The molecule has 2 N–H and O–H groups in total. The van der Waals surface area contributed by atoms with Crippen LogP contribution in [0.1, 0.15) is 5.56 Å². The Kier molecular flexibility index (Phi) is 4.82. The Balaban J connectivity index is 2.03. The molecular weight excluding hydrogens is 292 g/mol. The minimum atomic E-state index is 0.514. The number of ether oxygens (including phenoxy) is 1. The number of anilines is 2. The highest BCUT2D eigenvalue weighted by Gasteiger charge is 2.04. The Bertz CT molecular complexity index is 614. The first-order chi connectivity index (χ1) is 9.60. The van der Waals surface area contributed by atoms with E-state index in [2.05, 4.69) is 10.6 Å². The predicted octanol–water partition coefficient (Wildman–Crippen LogP) is 4.47. The first kappa shape index (κ1) is 14.6. The lowest BCUT2D eigenvalue weighted by molar-refractivity contribution is 0.415. The molecule has 0 aromatic heterocycles. The van der Waals surface area contributed by atoms with Crippen molar-refractivity contribution in [2.45, 2.75) is 6.92 Å². The van der Waals surface area contributed by atoms with Crippen molar-refractivity contribution in [1.82, 2.24) is 0 Å². The number of nitrogens with one attached hydrogen (secondary N) is 2. The number of benzene rings is 2. The van der Waals surface area contributed by atoms with Gasteiger partial charge in [-0.3, -0.25) is 0 Å². The SMILES string of the molecule is COc1ccc(NC(=S)Nc2cccc(Cl)c2C)cc1. The standard InChI is InChI=1S/C15H15ClN2OS/c1-10-13(16)4-3-5-14(10)18-15(20)17-11-6-8-12(19-2)9-7-11/h3-9H,1-2H3,(H2,17,18,20). The monoisotopic (exact) mass is 306 g/mol. The van der Waals surface area contributed by atoms with Gasteiger partial charge >= 0.3 is 0 Å². The fourth-order valence-corrected chi connectivity index (χ4v) is 2.10. The van der Waals surface area contributed by atoms with Crippen molar-refractivity contribution in [3.63, 3.8) is 0 Å². The summed E-state index contributed by atoms with van der Waals surface area (Å²) < 4.78 is 5.11. The topological polar surface area (TPSA) is 33.3 Å².